The topological polar surface area (TPSA) is 24.1 Å². The van der Waals surface area contributed by atoms with Gasteiger partial charge in [0.25, 0.3) is 0 Å². The molecule has 0 radical (unpaired) electrons. The van der Waals surface area contributed by atoms with Crippen molar-refractivity contribution in [1.82, 2.24) is 0 Å². The Hall–Kier alpha value is -1.26. The highest BCUT2D eigenvalue weighted by Gasteiger charge is 2.11. The molecule has 0 amide bonds. The Kier molecular flexibility index (Phi) is 4.22. The fourth-order valence-corrected chi connectivity index (χ4v) is 5.12. The van der Waals surface area contributed by atoms with E-state index >= 15 is 0 Å². The second-order valence-corrected chi connectivity index (χ2v) is 8.14. The highest BCUT2D eigenvalue weighted by Crippen LogP contribution is 2.40. The average Bonchev–Trinajstić information content (AvgIpc) is 2.59. The van der Waals surface area contributed by atoms with E-state index < -0.39 is 0 Å². The van der Waals surface area contributed by atoms with Gasteiger partial charge >= 0.3 is 0 Å². The summed E-state index contributed by atoms with van der Waals surface area (Å²) >= 11 is 0. The number of nitrogens with one attached hydrogen (secondary N) is 2. The zero-order chi connectivity index (χ0) is 14.8. The van der Waals surface area contributed by atoms with Gasteiger partial charge in [-0.15, -0.1) is 0 Å². The van der Waals surface area contributed by atoms with Crippen LogP contribution < -0.4 is 10.6 Å². The first-order chi connectivity index (χ1) is 10.9. The fourth-order valence-electron chi connectivity index (χ4n) is 3.10. The van der Waals surface area contributed by atoms with Crippen molar-refractivity contribution in [3.05, 3.63) is 47.5 Å². The molecule has 2 nitrogen and oxygen atoms in total. The van der Waals surface area contributed by atoms with E-state index in [-0.39, 0.29) is 0 Å². The van der Waals surface area contributed by atoms with Gasteiger partial charge in [0.2, 0.25) is 0 Å². The van der Waals surface area contributed by atoms with E-state index in [2.05, 4.69) is 47.0 Å². The molecule has 0 saturated carbocycles. The van der Waals surface area contributed by atoms with Crippen LogP contribution in [0.3, 0.4) is 0 Å². The van der Waals surface area contributed by atoms with Crippen LogP contribution in [0, 0.1) is 0 Å². The molecule has 0 aromatic heterocycles. The predicted molar refractivity (Wildman–Crippen MR) is 98.2 cm³/mol. The molecule has 2 N–H and O–H groups in total. The molecular formula is C18H20N2S2. The van der Waals surface area contributed by atoms with Gasteiger partial charge in [-0.25, -0.2) is 0 Å². The normalized spacial score (nSPS) is 16.2. The molecule has 2 aliphatic heterocycles. The summed E-state index contributed by atoms with van der Waals surface area (Å²) < 4.78 is 0. The Labute approximate surface area is 139 Å². The first-order valence-corrected chi connectivity index (χ1v) is 10.1. The van der Waals surface area contributed by atoms with Gasteiger partial charge in [-0.1, -0.05) is 21.6 Å². The number of aryl methyl sites for hydroxylation is 2. The van der Waals surface area contributed by atoms with Gasteiger partial charge in [-0.3, -0.25) is 0 Å². The second kappa shape index (κ2) is 6.47. The Bertz CT molecular complexity index is 625. The van der Waals surface area contributed by atoms with Crippen molar-refractivity contribution in [3.63, 3.8) is 0 Å². The van der Waals surface area contributed by atoms with Crippen molar-refractivity contribution in [3.8, 4) is 0 Å². The summed E-state index contributed by atoms with van der Waals surface area (Å²) in [6.45, 7) is 2.22. The summed E-state index contributed by atoms with van der Waals surface area (Å²) in [5, 5.41) is 6.95. The smallest absolute Gasteiger partial charge is 0.0373 e. The summed E-state index contributed by atoms with van der Waals surface area (Å²) in [5.74, 6) is 0. The standard InChI is InChI=1S/C18H20N2S2/c1-3-13-11-15(5-7-17(13)19-9-1)21-22-16-6-8-18-14(12-16)4-2-10-20-18/h5-8,11-12,19-20H,1-4,9-10H2. The van der Waals surface area contributed by atoms with Crippen molar-refractivity contribution in [2.24, 2.45) is 0 Å². The van der Waals surface area contributed by atoms with Crippen LogP contribution in [0.2, 0.25) is 0 Å². The third-order valence-electron chi connectivity index (χ3n) is 4.26. The van der Waals surface area contributed by atoms with Crippen LogP contribution in [-0.4, -0.2) is 13.1 Å². The molecule has 0 spiro atoms. The SMILES string of the molecule is c1cc2c(cc1SSc1ccc3c(c1)CCCN3)CCCN2. The average molecular weight is 329 g/mol. The summed E-state index contributed by atoms with van der Waals surface area (Å²) in [7, 11) is 3.73. The van der Waals surface area contributed by atoms with Crippen LogP contribution in [0.1, 0.15) is 24.0 Å². The molecule has 2 aromatic rings. The Balaban J connectivity index is 1.46. The van der Waals surface area contributed by atoms with E-state index in [0.29, 0.717) is 0 Å². The first kappa shape index (κ1) is 14.3. The van der Waals surface area contributed by atoms with Crippen LogP contribution in [0.25, 0.3) is 0 Å². The fraction of sp³-hybridized carbons (Fsp3) is 0.333. The number of fused-ring (bicyclic) bond motifs is 2. The molecule has 0 saturated heterocycles. The molecule has 22 heavy (non-hydrogen) atoms. The minimum Gasteiger partial charge on any atom is -0.385 e. The third kappa shape index (κ3) is 3.08. The second-order valence-electron chi connectivity index (χ2n) is 5.87. The van der Waals surface area contributed by atoms with Crippen LogP contribution in [0.4, 0.5) is 11.4 Å². The zero-order valence-corrected chi connectivity index (χ0v) is 14.2. The molecule has 2 heterocycles. The molecule has 2 aromatic carbocycles. The van der Waals surface area contributed by atoms with Crippen LogP contribution in [-0.2, 0) is 12.8 Å². The lowest BCUT2D eigenvalue weighted by Gasteiger charge is -2.19. The molecule has 2 aliphatic rings. The maximum absolute atomic E-state index is 3.47. The van der Waals surface area contributed by atoms with Gasteiger partial charge in [0.15, 0.2) is 0 Å². The third-order valence-corrected chi connectivity index (χ3v) is 6.65. The lowest BCUT2D eigenvalue weighted by molar-refractivity contribution is 0.827. The monoisotopic (exact) mass is 328 g/mol. The summed E-state index contributed by atoms with van der Waals surface area (Å²) in [4.78, 5) is 2.70. The van der Waals surface area contributed by atoms with Crippen molar-refractivity contribution in [1.29, 1.82) is 0 Å². The lowest BCUT2D eigenvalue weighted by Crippen LogP contribution is -2.11. The van der Waals surface area contributed by atoms with Gasteiger partial charge in [0, 0.05) is 34.3 Å². The van der Waals surface area contributed by atoms with Crippen molar-refractivity contribution < 1.29 is 0 Å². The zero-order valence-electron chi connectivity index (χ0n) is 12.5. The molecule has 4 rings (SSSR count). The van der Waals surface area contributed by atoms with E-state index in [1.165, 1.54) is 58.0 Å². The number of anilines is 2. The maximum atomic E-state index is 3.47. The largest absolute Gasteiger partial charge is 0.385 e. The summed E-state index contributed by atoms with van der Waals surface area (Å²) in [6.07, 6.45) is 4.88. The molecule has 4 heteroatoms. The van der Waals surface area contributed by atoms with E-state index in [9.17, 15) is 0 Å². The lowest BCUT2D eigenvalue weighted by atomic mass is 10.0. The summed E-state index contributed by atoms with van der Waals surface area (Å²) in [6, 6.07) is 13.6. The van der Waals surface area contributed by atoms with E-state index in [1.807, 2.05) is 21.6 Å². The van der Waals surface area contributed by atoms with Gasteiger partial charge < -0.3 is 10.6 Å². The highest BCUT2D eigenvalue weighted by atomic mass is 33.1. The van der Waals surface area contributed by atoms with E-state index in [1.54, 1.807) is 0 Å². The molecule has 0 atom stereocenters. The predicted octanol–water partition coefficient (Wildman–Crippen LogP) is 5.20. The molecule has 0 fully saturated rings. The number of benzene rings is 2. The molecule has 0 bridgehead atoms. The molecule has 0 unspecified atom stereocenters. The highest BCUT2D eigenvalue weighted by molar-refractivity contribution is 8.76. The van der Waals surface area contributed by atoms with E-state index in [4.69, 9.17) is 0 Å². The van der Waals surface area contributed by atoms with Crippen LogP contribution >= 0.6 is 21.6 Å². The Morgan fingerprint density at radius 3 is 1.68 bits per heavy atom. The quantitative estimate of drug-likeness (QED) is 0.756. The number of hydrogen-bond acceptors (Lipinski definition) is 4. The van der Waals surface area contributed by atoms with Gasteiger partial charge in [-0.2, -0.15) is 0 Å². The van der Waals surface area contributed by atoms with Crippen molar-refractivity contribution >= 4 is 33.0 Å². The first-order valence-electron chi connectivity index (χ1n) is 7.97. The van der Waals surface area contributed by atoms with Gasteiger partial charge in [-0.05, 0) is 73.2 Å². The molecule has 0 aliphatic carbocycles. The van der Waals surface area contributed by atoms with Crippen molar-refractivity contribution in [2.75, 3.05) is 23.7 Å². The van der Waals surface area contributed by atoms with E-state index in [0.717, 1.165) is 13.1 Å². The molecule has 114 valence electrons. The van der Waals surface area contributed by atoms with Gasteiger partial charge in [0.1, 0.15) is 0 Å². The van der Waals surface area contributed by atoms with Crippen molar-refractivity contribution in [2.45, 2.75) is 35.5 Å². The Morgan fingerprint density at radius 1 is 0.682 bits per heavy atom. The minimum atomic E-state index is 1.11. The minimum absolute atomic E-state index is 1.11. The number of hydrogen-bond donors (Lipinski definition) is 2. The summed E-state index contributed by atoms with van der Waals surface area (Å²) in [5.41, 5.74) is 5.57. The van der Waals surface area contributed by atoms with Gasteiger partial charge in [0.05, 0.1) is 0 Å². The Morgan fingerprint density at radius 2 is 1.18 bits per heavy atom. The maximum Gasteiger partial charge on any atom is 0.0373 e. The van der Waals surface area contributed by atoms with Crippen LogP contribution in [0.5, 0.6) is 0 Å². The van der Waals surface area contributed by atoms with Crippen LogP contribution in [0.15, 0.2) is 46.2 Å². The number of rotatable bonds is 3. The molecular weight excluding hydrogens is 308 g/mol.